The molecule has 1 aromatic carbocycles. The van der Waals surface area contributed by atoms with Crippen molar-refractivity contribution in [1.29, 1.82) is 0 Å². The van der Waals surface area contributed by atoms with Crippen LogP contribution in [0.25, 0.3) is 5.69 Å². The van der Waals surface area contributed by atoms with E-state index in [0.29, 0.717) is 22.9 Å². The van der Waals surface area contributed by atoms with Crippen LogP contribution in [0.2, 0.25) is 0 Å². The molecule has 2 aromatic rings. The lowest BCUT2D eigenvalue weighted by Crippen LogP contribution is -2.38. The second kappa shape index (κ2) is 7.55. The van der Waals surface area contributed by atoms with E-state index in [-0.39, 0.29) is 12.0 Å². The maximum Gasteiger partial charge on any atom is 0.413 e. The van der Waals surface area contributed by atoms with Gasteiger partial charge in [0.1, 0.15) is 11.6 Å². The van der Waals surface area contributed by atoms with Gasteiger partial charge in [-0.05, 0) is 24.3 Å². The number of methoxy groups -OCH3 is 1. The molecule has 0 saturated heterocycles. The highest BCUT2D eigenvalue weighted by Crippen LogP contribution is 2.33. The molecule has 142 valence electrons. The van der Waals surface area contributed by atoms with Crippen LogP contribution in [0, 0.1) is 0 Å². The van der Waals surface area contributed by atoms with Gasteiger partial charge in [-0.3, -0.25) is 4.90 Å². The first kappa shape index (κ1) is 20.7. The number of halogens is 3. The predicted molar refractivity (Wildman–Crippen MR) is 104 cm³/mol. The van der Waals surface area contributed by atoms with Gasteiger partial charge in [-0.1, -0.05) is 55.6 Å². The minimum absolute atomic E-state index is 0.291. The van der Waals surface area contributed by atoms with Crippen LogP contribution >= 0.6 is 34.8 Å². The molecule has 0 spiro atoms. The number of aromatic nitrogens is 2. The maximum atomic E-state index is 11.8. The van der Waals surface area contributed by atoms with E-state index in [1.165, 1.54) is 4.68 Å². The number of carbonyl (C=O) groups is 1. The Morgan fingerprint density at radius 3 is 2.23 bits per heavy atom. The molecule has 1 heterocycles. The molecule has 0 bridgehead atoms. The molecule has 6 nitrogen and oxygen atoms in total. The van der Waals surface area contributed by atoms with Crippen molar-refractivity contribution in [3.05, 3.63) is 36.0 Å². The van der Waals surface area contributed by atoms with Crippen molar-refractivity contribution in [2.45, 2.75) is 30.0 Å². The molecule has 1 amide bonds. The van der Waals surface area contributed by atoms with Crippen LogP contribution in [0.15, 0.2) is 30.3 Å². The number of hydrogen-bond acceptors (Lipinski definition) is 3. The molecule has 0 aliphatic rings. The third kappa shape index (κ3) is 4.96. The summed E-state index contributed by atoms with van der Waals surface area (Å²) in [5.41, 5.74) is 1.07. The van der Waals surface area contributed by atoms with Crippen LogP contribution in [0.3, 0.4) is 0 Å². The number of benzene rings is 1. The van der Waals surface area contributed by atoms with Crippen molar-refractivity contribution in [2.75, 3.05) is 18.6 Å². The van der Waals surface area contributed by atoms with E-state index in [1.807, 2.05) is 20.8 Å². The Morgan fingerprint density at radius 2 is 1.81 bits per heavy atom. The van der Waals surface area contributed by atoms with E-state index < -0.39 is 9.89 Å². The van der Waals surface area contributed by atoms with Gasteiger partial charge in [-0.15, -0.1) is 0 Å². The molecule has 1 N–H and O–H groups in total. The minimum Gasteiger partial charge on any atom is -0.497 e. The molecule has 0 saturated carbocycles. The van der Waals surface area contributed by atoms with Crippen molar-refractivity contribution in [3.63, 3.8) is 0 Å². The van der Waals surface area contributed by atoms with Gasteiger partial charge < -0.3 is 9.84 Å². The molecule has 0 atom stereocenters. The first-order valence-electron chi connectivity index (χ1n) is 7.74. The average molecular weight is 421 g/mol. The number of ether oxygens (including phenoxy) is 1. The first-order valence-corrected chi connectivity index (χ1v) is 8.88. The monoisotopic (exact) mass is 419 g/mol. The lowest BCUT2D eigenvalue weighted by molar-refractivity contribution is 0.201. The van der Waals surface area contributed by atoms with Gasteiger partial charge in [0.25, 0.3) is 0 Å². The molecule has 0 unspecified atom stereocenters. The molecule has 0 fully saturated rings. The number of rotatable bonds is 4. The van der Waals surface area contributed by atoms with E-state index in [1.54, 1.807) is 37.4 Å². The number of amides is 1. The zero-order valence-electron chi connectivity index (χ0n) is 14.8. The summed E-state index contributed by atoms with van der Waals surface area (Å²) in [5.74, 6) is 0.966. The van der Waals surface area contributed by atoms with Crippen LogP contribution in [-0.2, 0) is 5.41 Å². The molecule has 1 aromatic heterocycles. The standard InChI is InChI=1S/C17H20Cl3N3O3/c1-16(2,3)13-9-14(22(15(24)25)10-17(18,19)20)23(21-13)11-5-7-12(26-4)8-6-11/h5-9H,10H2,1-4H3,(H,24,25). The van der Waals surface area contributed by atoms with Gasteiger partial charge in [0.15, 0.2) is 0 Å². The van der Waals surface area contributed by atoms with Crippen molar-refractivity contribution in [3.8, 4) is 11.4 Å². The Hall–Kier alpha value is -1.63. The number of carboxylic acid groups (broad SMARTS) is 1. The molecular formula is C17H20Cl3N3O3. The molecule has 9 heteroatoms. The highest BCUT2D eigenvalue weighted by Gasteiger charge is 2.32. The number of nitrogens with zero attached hydrogens (tertiary/aromatic N) is 3. The van der Waals surface area contributed by atoms with E-state index in [4.69, 9.17) is 39.5 Å². The quantitative estimate of drug-likeness (QED) is 0.704. The Kier molecular flexibility index (Phi) is 6.00. The lowest BCUT2D eigenvalue weighted by Gasteiger charge is -2.23. The zero-order valence-corrected chi connectivity index (χ0v) is 17.1. The van der Waals surface area contributed by atoms with Crippen molar-refractivity contribution >= 4 is 46.7 Å². The SMILES string of the molecule is COc1ccc(-n2nc(C(C)(C)C)cc2N(CC(Cl)(Cl)Cl)C(=O)O)cc1. The molecule has 0 aliphatic heterocycles. The van der Waals surface area contributed by atoms with Gasteiger partial charge in [0, 0.05) is 11.5 Å². The predicted octanol–water partition coefficient (Wildman–Crippen LogP) is 5.03. The zero-order chi connectivity index (χ0) is 19.7. The summed E-state index contributed by atoms with van der Waals surface area (Å²) < 4.78 is 4.91. The Bertz CT molecular complexity index is 777. The normalized spacial score (nSPS) is 12.1. The highest BCUT2D eigenvalue weighted by molar-refractivity contribution is 6.68. The smallest absolute Gasteiger partial charge is 0.413 e. The first-order chi connectivity index (χ1) is 11.9. The van der Waals surface area contributed by atoms with Crippen LogP contribution in [0.4, 0.5) is 10.6 Å². The van der Waals surface area contributed by atoms with Crippen molar-refractivity contribution in [1.82, 2.24) is 9.78 Å². The van der Waals surface area contributed by atoms with E-state index in [9.17, 15) is 9.90 Å². The molecule has 2 rings (SSSR count). The second-order valence-electron chi connectivity index (χ2n) is 6.73. The van der Waals surface area contributed by atoms with Gasteiger partial charge in [-0.25, -0.2) is 9.48 Å². The Labute approximate surface area is 167 Å². The van der Waals surface area contributed by atoms with Crippen LogP contribution in [-0.4, -0.2) is 38.4 Å². The molecule has 0 radical (unpaired) electrons. The van der Waals surface area contributed by atoms with Crippen molar-refractivity contribution < 1.29 is 14.6 Å². The third-order valence-corrected chi connectivity index (χ3v) is 3.98. The molecule has 0 aliphatic carbocycles. The number of anilines is 1. The number of alkyl halides is 3. The topological polar surface area (TPSA) is 67.6 Å². The lowest BCUT2D eigenvalue weighted by atomic mass is 9.92. The second-order valence-corrected chi connectivity index (χ2v) is 9.25. The maximum absolute atomic E-state index is 11.8. The van der Waals surface area contributed by atoms with Gasteiger partial charge in [0.05, 0.1) is 25.0 Å². The molecule has 26 heavy (non-hydrogen) atoms. The summed E-state index contributed by atoms with van der Waals surface area (Å²) in [5, 5.41) is 14.2. The highest BCUT2D eigenvalue weighted by atomic mass is 35.6. The largest absolute Gasteiger partial charge is 0.497 e. The summed E-state index contributed by atoms with van der Waals surface area (Å²) in [4.78, 5) is 12.8. The fraction of sp³-hybridized carbons (Fsp3) is 0.412. The number of hydrogen-bond donors (Lipinski definition) is 1. The van der Waals surface area contributed by atoms with Gasteiger partial charge in [0.2, 0.25) is 3.79 Å². The summed E-state index contributed by atoms with van der Waals surface area (Å²) in [7, 11) is 1.57. The van der Waals surface area contributed by atoms with E-state index >= 15 is 0 Å². The summed E-state index contributed by atoms with van der Waals surface area (Å²) >= 11 is 17.5. The third-order valence-electron chi connectivity index (χ3n) is 3.62. The fourth-order valence-electron chi connectivity index (χ4n) is 2.27. The van der Waals surface area contributed by atoms with Crippen LogP contribution < -0.4 is 9.64 Å². The minimum atomic E-state index is -1.77. The average Bonchev–Trinajstić information content (AvgIpc) is 2.96. The van der Waals surface area contributed by atoms with E-state index in [0.717, 1.165) is 4.90 Å². The van der Waals surface area contributed by atoms with Gasteiger partial charge >= 0.3 is 6.09 Å². The van der Waals surface area contributed by atoms with Gasteiger partial charge in [-0.2, -0.15) is 5.10 Å². The van der Waals surface area contributed by atoms with Crippen LogP contribution in [0.5, 0.6) is 5.75 Å². The fourth-order valence-corrected chi connectivity index (χ4v) is 2.63. The van der Waals surface area contributed by atoms with Crippen LogP contribution in [0.1, 0.15) is 26.5 Å². The summed E-state index contributed by atoms with van der Waals surface area (Å²) in [6.45, 7) is 5.62. The summed E-state index contributed by atoms with van der Waals surface area (Å²) in [6, 6.07) is 8.76. The Balaban J connectivity index is 2.61. The Morgan fingerprint density at radius 1 is 1.23 bits per heavy atom. The summed E-state index contributed by atoms with van der Waals surface area (Å²) in [6.07, 6.45) is -1.24. The molecular weight excluding hydrogens is 401 g/mol. The van der Waals surface area contributed by atoms with Crippen molar-refractivity contribution in [2.24, 2.45) is 0 Å². The van der Waals surface area contributed by atoms with E-state index in [2.05, 4.69) is 5.10 Å².